The van der Waals surface area contributed by atoms with Crippen LogP contribution in [-0.2, 0) is 11.3 Å². The summed E-state index contributed by atoms with van der Waals surface area (Å²) in [6.07, 6.45) is 0. The van der Waals surface area contributed by atoms with Gasteiger partial charge in [-0.05, 0) is 27.8 Å². The molecule has 2 heterocycles. The smallest absolute Gasteiger partial charge is 0.242 e. The zero-order valence-corrected chi connectivity index (χ0v) is 12.8. The van der Waals surface area contributed by atoms with Gasteiger partial charge in [0.25, 0.3) is 0 Å². The number of amides is 1. The second-order valence-electron chi connectivity index (χ2n) is 5.88. The minimum atomic E-state index is -0.496. The predicted molar refractivity (Wildman–Crippen MR) is 76.2 cm³/mol. The number of aromatic nitrogens is 1. The van der Waals surface area contributed by atoms with Gasteiger partial charge in [-0.3, -0.25) is 9.69 Å². The van der Waals surface area contributed by atoms with Crippen LogP contribution in [0.4, 0.5) is 0 Å². The summed E-state index contributed by atoms with van der Waals surface area (Å²) >= 11 is 0. The van der Waals surface area contributed by atoms with E-state index in [2.05, 4.69) is 15.4 Å². The normalized spacial score (nSPS) is 17.5. The maximum absolute atomic E-state index is 12.3. The van der Waals surface area contributed by atoms with E-state index in [1.807, 2.05) is 38.8 Å². The Morgan fingerprint density at radius 2 is 2.05 bits per heavy atom. The minimum Gasteiger partial charge on any atom is -0.360 e. The van der Waals surface area contributed by atoms with E-state index in [1.54, 1.807) is 0 Å². The molecule has 0 aromatic carbocycles. The van der Waals surface area contributed by atoms with Crippen molar-refractivity contribution in [2.24, 2.45) is 0 Å². The summed E-state index contributed by atoms with van der Waals surface area (Å²) in [4.78, 5) is 16.6. The van der Waals surface area contributed by atoms with E-state index in [9.17, 15) is 4.79 Å². The average Bonchev–Trinajstić information content (AvgIpc) is 2.84. The maximum Gasteiger partial charge on any atom is 0.242 e. The van der Waals surface area contributed by atoms with Crippen LogP contribution in [0.25, 0.3) is 0 Å². The van der Waals surface area contributed by atoms with Gasteiger partial charge in [0.1, 0.15) is 0 Å². The molecule has 20 heavy (non-hydrogen) atoms. The molecule has 1 aliphatic rings. The third kappa shape index (κ3) is 3.37. The maximum atomic E-state index is 12.3. The first kappa shape index (κ1) is 15.0. The highest BCUT2D eigenvalue weighted by Gasteiger charge is 2.32. The second-order valence-corrected chi connectivity index (χ2v) is 5.88. The van der Waals surface area contributed by atoms with Crippen LogP contribution < -0.4 is 5.32 Å². The van der Waals surface area contributed by atoms with Gasteiger partial charge >= 0.3 is 0 Å². The number of piperazine rings is 1. The molecule has 1 aliphatic heterocycles. The fourth-order valence-electron chi connectivity index (χ4n) is 2.32. The van der Waals surface area contributed by atoms with Gasteiger partial charge in [0.15, 0.2) is 5.76 Å². The van der Waals surface area contributed by atoms with Crippen molar-refractivity contribution in [1.29, 1.82) is 0 Å². The summed E-state index contributed by atoms with van der Waals surface area (Å²) in [6.45, 7) is 9.77. The van der Waals surface area contributed by atoms with Crippen molar-refractivity contribution < 1.29 is 9.32 Å². The first-order valence-electron chi connectivity index (χ1n) is 7.05. The summed E-state index contributed by atoms with van der Waals surface area (Å²) < 4.78 is 5.23. The molecule has 0 saturated carbocycles. The van der Waals surface area contributed by atoms with Crippen LogP contribution in [0.5, 0.6) is 0 Å². The summed E-state index contributed by atoms with van der Waals surface area (Å²) in [5, 5.41) is 6.96. The molecule has 112 valence electrons. The monoisotopic (exact) mass is 280 g/mol. The van der Waals surface area contributed by atoms with Gasteiger partial charge < -0.3 is 14.7 Å². The Kier molecular flexibility index (Phi) is 4.45. The molecule has 1 N–H and O–H groups in total. The fraction of sp³-hybridized carbons (Fsp3) is 0.714. The third-order valence-corrected chi connectivity index (χ3v) is 3.88. The van der Waals surface area contributed by atoms with Gasteiger partial charge in [-0.25, -0.2) is 0 Å². The van der Waals surface area contributed by atoms with Crippen LogP contribution in [0, 0.1) is 6.92 Å². The van der Waals surface area contributed by atoms with Crippen molar-refractivity contribution in [3.05, 3.63) is 17.5 Å². The van der Waals surface area contributed by atoms with Gasteiger partial charge in [0, 0.05) is 32.2 Å². The average molecular weight is 280 g/mol. The molecule has 1 aromatic heterocycles. The Morgan fingerprint density at radius 1 is 1.40 bits per heavy atom. The highest BCUT2D eigenvalue weighted by molar-refractivity contribution is 5.85. The highest BCUT2D eigenvalue weighted by atomic mass is 16.5. The molecule has 0 aliphatic carbocycles. The Bertz CT molecular complexity index is 461. The van der Waals surface area contributed by atoms with Crippen molar-refractivity contribution in [1.82, 2.24) is 20.3 Å². The van der Waals surface area contributed by atoms with E-state index >= 15 is 0 Å². The van der Waals surface area contributed by atoms with E-state index in [4.69, 9.17) is 4.52 Å². The number of carbonyl (C=O) groups excluding carboxylic acids is 1. The van der Waals surface area contributed by atoms with Gasteiger partial charge in [-0.1, -0.05) is 5.16 Å². The van der Waals surface area contributed by atoms with Crippen LogP contribution in [0.3, 0.4) is 0 Å². The Balaban J connectivity index is 1.85. The third-order valence-electron chi connectivity index (χ3n) is 3.88. The molecule has 0 radical (unpaired) electrons. The van der Waals surface area contributed by atoms with Gasteiger partial charge in [0.2, 0.25) is 5.91 Å². The SMILES string of the molecule is CNC(C)(C)C(=O)N1CCN(Cc2cc(C)no2)CC1. The molecule has 1 amide bonds. The minimum absolute atomic E-state index is 0.162. The summed E-state index contributed by atoms with van der Waals surface area (Å²) in [6, 6.07) is 1.96. The van der Waals surface area contributed by atoms with E-state index in [0.29, 0.717) is 0 Å². The summed E-state index contributed by atoms with van der Waals surface area (Å²) in [7, 11) is 1.82. The molecule has 2 rings (SSSR count). The second kappa shape index (κ2) is 5.93. The quantitative estimate of drug-likeness (QED) is 0.876. The van der Waals surface area contributed by atoms with Crippen molar-refractivity contribution in [3.63, 3.8) is 0 Å². The number of nitrogens with zero attached hydrogens (tertiary/aromatic N) is 3. The molecule has 0 spiro atoms. The number of carbonyl (C=O) groups is 1. The first-order chi connectivity index (χ1) is 9.42. The number of rotatable bonds is 4. The van der Waals surface area contributed by atoms with E-state index < -0.39 is 5.54 Å². The van der Waals surface area contributed by atoms with E-state index in [1.165, 1.54) is 0 Å². The lowest BCUT2D eigenvalue weighted by Gasteiger charge is -2.38. The molecule has 6 nitrogen and oxygen atoms in total. The van der Waals surface area contributed by atoms with Gasteiger partial charge in [-0.2, -0.15) is 0 Å². The zero-order chi connectivity index (χ0) is 14.8. The number of aryl methyl sites for hydroxylation is 1. The van der Waals surface area contributed by atoms with Crippen LogP contribution in [0.15, 0.2) is 10.6 Å². The van der Waals surface area contributed by atoms with Crippen LogP contribution in [-0.4, -0.2) is 59.6 Å². The number of hydrogen-bond acceptors (Lipinski definition) is 5. The Hall–Kier alpha value is -1.40. The molecule has 1 fully saturated rings. The lowest BCUT2D eigenvalue weighted by Crippen LogP contribution is -2.57. The fourth-order valence-corrected chi connectivity index (χ4v) is 2.32. The lowest BCUT2D eigenvalue weighted by molar-refractivity contribution is -0.138. The Labute approximate surface area is 120 Å². The van der Waals surface area contributed by atoms with Crippen LogP contribution in [0.1, 0.15) is 25.3 Å². The topological polar surface area (TPSA) is 61.6 Å². The van der Waals surface area contributed by atoms with Gasteiger partial charge in [-0.15, -0.1) is 0 Å². The van der Waals surface area contributed by atoms with Crippen molar-refractivity contribution >= 4 is 5.91 Å². The summed E-state index contributed by atoms with van der Waals surface area (Å²) in [5.74, 6) is 1.05. The largest absolute Gasteiger partial charge is 0.360 e. The number of likely N-dealkylation sites (N-methyl/N-ethyl adjacent to an activating group) is 1. The lowest BCUT2D eigenvalue weighted by atomic mass is 10.0. The van der Waals surface area contributed by atoms with E-state index in [0.717, 1.165) is 44.2 Å². The predicted octanol–water partition coefficient (Wildman–Crippen LogP) is 0.625. The Morgan fingerprint density at radius 3 is 2.55 bits per heavy atom. The molecule has 1 saturated heterocycles. The number of nitrogens with one attached hydrogen (secondary N) is 1. The van der Waals surface area contributed by atoms with Crippen LogP contribution in [0.2, 0.25) is 0 Å². The molecular formula is C14H24N4O2. The molecular weight excluding hydrogens is 256 g/mol. The standard InChI is InChI=1S/C14H24N4O2/c1-11-9-12(20-16-11)10-17-5-7-18(8-6-17)13(19)14(2,3)15-4/h9,15H,5-8,10H2,1-4H3. The first-order valence-corrected chi connectivity index (χ1v) is 7.05. The zero-order valence-electron chi connectivity index (χ0n) is 12.8. The highest BCUT2D eigenvalue weighted by Crippen LogP contribution is 2.13. The van der Waals surface area contributed by atoms with Crippen molar-refractivity contribution in [3.8, 4) is 0 Å². The molecule has 1 aromatic rings. The molecule has 0 atom stereocenters. The molecule has 0 bridgehead atoms. The van der Waals surface area contributed by atoms with Gasteiger partial charge in [0.05, 0.1) is 17.8 Å². The molecule has 6 heteroatoms. The summed E-state index contributed by atoms with van der Waals surface area (Å²) in [5.41, 5.74) is 0.411. The number of hydrogen-bond donors (Lipinski definition) is 1. The van der Waals surface area contributed by atoms with E-state index in [-0.39, 0.29) is 5.91 Å². The van der Waals surface area contributed by atoms with Crippen LogP contribution >= 0.6 is 0 Å². The molecule has 0 unspecified atom stereocenters. The van der Waals surface area contributed by atoms with Crippen molar-refractivity contribution in [2.45, 2.75) is 32.9 Å². The van der Waals surface area contributed by atoms with Crippen molar-refractivity contribution in [2.75, 3.05) is 33.2 Å².